The molecule has 274 valence electrons. The molecule has 0 unspecified atom stereocenters. The van der Waals surface area contributed by atoms with Crippen molar-refractivity contribution < 1.29 is 19.0 Å². The summed E-state index contributed by atoms with van der Waals surface area (Å²) in [7, 11) is 0. The van der Waals surface area contributed by atoms with Gasteiger partial charge in [-0.05, 0) is 115 Å². The Bertz CT molecular complexity index is 1680. The highest BCUT2D eigenvalue weighted by Crippen LogP contribution is 2.44. The molecule has 0 radical (unpaired) electrons. The quantitative estimate of drug-likeness (QED) is 0.150. The Labute approximate surface area is 308 Å². The zero-order valence-corrected chi connectivity index (χ0v) is 32.4. The summed E-state index contributed by atoms with van der Waals surface area (Å²) in [5.41, 5.74) is 9.55. The lowest BCUT2D eigenvalue weighted by Gasteiger charge is -2.37. The Kier molecular flexibility index (Phi) is 12.4. The number of hydrogen-bond acceptors (Lipinski definition) is 4. The van der Waals surface area contributed by atoms with E-state index < -0.39 is 0 Å². The molecular weight excluding hydrogens is 629 g/mol. The van der Waals surface area contributed by atoms with E-state index >= 15 is 0 Å². The average molecular weight is 691 g/mol. The van der Waals surface area contributed by atoms with Crippen molar-refractivity contribution in [3.8, 4) is 22.6 Å². The maximum Gasteiger partial charge on any atom is 0.164 e. The van der Waals surface area contributed by atoms with Crippen molar-refractivity contribution in [2.45, 2.75) is 150 Å². The van der Waals surface area contributed by atoms with Crippen LogP contribution in [0.25, 0.3) is 17.2 Å². The number of carbonyl (C=O) groups excluding carboxylic acids is 1. The highest BCUT2D eigenvalue weighted by atomic mass is 16.5. The second-order valence-corrected chi connectivity index (χ2v) is 16.7. The van der Waals surface area contributed by atoms with Gasteiger partial charge in [-0.25, -0.2) is 0 Å². The number of fused-ring (bicyclic) bond motifs is 3. The van der Waals surface area contributed by atoms with Crippen LogP contribution in [0, 0.1) is 24.7 Å². The van der Waals surface area contributed by atoms with Crippen molar-refractivity contribution in [3.63, 3.8) is 0 Å². The lowest BCUT2D eigenvalue weighted by Crippen LogP contribution is -2.36. The number of allylic oxidation sites excluding steroid dienone is 1. The van der Waals surface area contributed by atoms with Crippen molar-refractivity contribution in [1.82, 2.24) is 0 Å². The molecule has 1 aliphatic carbocycles. The summed E-state index contributed by atoms with van der Waals surface area (Å²) in [5.74, 6) is 4.56. The first-order chi connectivity index (χ1) is 24.6. The summed E-state index contributed by atoms with van der Waals surface area (Å²) < 4.78 is 19.5. The molecule has 0 N–H and O–H groups in total. The smallest absolute Gasteiger partial charge is 0.164 e. The number of ketones is 1. The third-order valence-electron chi connectivity index (χ3n) is 11.8. The monoisotopic (exact) mass is 690 g/mol. The van der Waals surface area contributed by atoms with Crippen LogP contribution >= 0.6 is 0 Å². The van der Waals surface area contributed by atoms with Crippen LogP contribution in [-0.2, 0) is 31.0 Å². The van der Waals surface area contributed by atoms with Gasteiger partial charge in [-0.15, -0.1) is 0 Å². The van der Waals surface area contributed by atoms with Crippen LogP contribution < -0.4 is 9.47 Å². The SMILES string of the molecule is Cc1cc(OCc2c3c(c(-c4ccccc4)c4c2COC4)C(=O)CCC=C3)cc2c1O[C@](C)(CCC[C@H](C)CCC[C@H](C)CCCC(C)C)CC2. The predicted octanol–water partition coefficient (Wildman–Crippen LogP) is 12.8. The second-order valence-electron chi connectivity index (χ2n) is 16.7. The minimum absolute atomic E-state index is 0.123. The predicted molar refractivity (Wildman–Crippen MR) is 211 cm³/mol. The molecule has 0 saturated carbocycles. The topological polar surface area (TPSA) is 44.8 Å². The first kappa shape index (κ1) is 37.4. The Hall–Kier alpha value is -3.37. The molecule has 4 nitrogen and oxygen atoms in total. The van der Waals surface area contributed by atoms with E-state index in [-0.39, 0.29) is 11.4 Å². The number of ether oxygens (including phenoxy) is 3. The van der Waals surface area contributed by atoms with E-state index in [1.807, 2.05) is 18.2 Å². The molecule has 3 atom stereocenters. The molecule has 0 fully saturated rings. The molecule has 51 heavy (non-hydrogen) atoms. The second kappa shape index (κ2) is 17.0. The normalized spacial score (nSPS) is 19.2. The summed E-state index contributed by atoms with van der Waals surface area (Å²) in [6.45, 7) is 15.5. The summed E-state index contributed by atoms with van der Waals surface area (Å²) in [6, 6.07) is 14.6. The number of hydrogen-bond donors (Lipinski definition) is 0. The van der Waals surface area contributed by atoms with Crippen molar-refractivity contribution in [2.75, 3.05) is 0 Å². The van der Waals surface area contributed by atoms with E-state index in [1.54, 1.807) is 0 Å². The molecule has 3 aliphatic rings. The number of Topliss-reactive ketones (excluding diaryl/α,β-unsaturated/α-hetero) is 1. The van der Waals surface area contributed by atoms with Gasteiger partial charge in [0, 0.05) is 17.5 Å². The molecule has 3 aromatic carbocycles. The van der Waals surface area contributed by atoms with Gasteiger partial charge < -0.3 is 14.2 Å². The zero-order chi connectivity index (χ0) is 36.0. The molecular formula is C47H62O4. The van der Waals surface area contributed by atoms with Crippen molar-refractivity contribution in [3.05, 3.63) is 87.5 Å². The molecule has 0 saturated heterocycles. The van der Waals surface area contributed by atoms with Crippen LogP contribution in [0.1, 0.15) is 155 Å². The fraction of sp³-hybridized carbons (Fsp3) is 0.553. The van der Waals surface area contributed by atoms with Crippen LogP contribution in [0.15, 0.2) is 48.5 Å². The minimum Gasteiger partial charge on any atom is -0.489 e. The third kappa shape index (κ3) is 9.17. The van der Waals surface area contributed by atoms with Gasteiger partial charge in [0.25, 0.3) is 0 Å². The maximum absolute atomic E-state index is 13.7. The van der Waals surface area contributed by atoms with E-state index in [0.29, 0.717) is 26.2 Å². The van der Waals surface area contributed by atoms with Gasteiger partial charge in [-0.3, -0.25) is 4.79 Å². The highest BCUT2D eigenvalue weighted by molar-refractivity contribution is 6.07. The molecule has 6 rings (SSSR count). The minimum atomic E-state index is -0.123. The molecule has 3 aromatic rings. The van der Waals surface area contributed by atoms with Crippen LogP contribution in [0.3, 0.4) is 0 Å². The molecule has 0 spiro atoms. The molecule has 0 amide bonds. The van der Waals surface area contributed by atoms with Gasteiger partial charge in [0.05, 0.1) is 13.2 Å². The van der Waals surface area contributed by atoms with E-state index in [2.05, 4.69) is 78.0 Å². The lowest BCUT2D eigenvalue weighted by molar-refractivity contribution is 0.0514. The van der Waals surface area contributed by atoms with Crippen molar-refractivity contribution in [1.29, 1.82) is 0 Å². The first-order valence-corrected chi connectivity index (χ1v) is 20.1. The maximum atomic E-state index is 13.7. The summed E-state index contributed by atoms with van der Waals surface area (Å²) >= 11 is 0. The first-order valence-electron chi connectivity index (χ1n) is 20.1. The summed E-state index contributed by atoms with van der Waals surface area (Å²) in [4.78, 5) is 13.7. The third-order valence-corrected chi connectivity index (χ3v) is 11.8. The van der Waals surface area contributed by atoms with Gasteiger partial charge in [-0.2, -0.15) is 0 Å². The highest BCUT2D eigenvalue weighted by Gasteiger charge is 2.33. The van der Waals surface area contributed by atoms with Crippen LogP contribution in [0.4, 0.5) is 0 Å². The van der Waals surface area contributed by atoms with Crippen LogP contribution in [0.5, 0.6) is 11.5 Å². The molecule has 0 aromatic heterocycles. The Morgan fingerprint density at radius 3 is 2.29 bits per heavy atom. The van der Waals surface area contributed by atoms with Crippen LogP contribution in [-0.4, -0.2) is 11.4 Å². The van der Waals surface area contributed by atoms with Crippen LogP contribution in [0.2, 0.25) is 0 Å². The Morgan fingerprint density at radius 1 is 0.843 bits per heavy atom. The standard InChI is InChI=1S/C47H62O4/c1-32(2)15-12-16-33(3)17-13-18-34(4)19-14-25-47(6)26-24-37-28-38(27-35(5)46(37)51-47)50-31-41-39-22-10-11-23-43(48)45(39)44(36-20-8-7-9-21-36)42-30-49-29-40(41)42/h7-10,20-22,27-28,32-34H,11-19,23-26,29-31H2,1-6H3/t33-,34-,47-/m1/s1. The summed E-state index contributed by atoms with van der Waals surface area (Å²) in [5, 5.41) is 0. The Morgan fingerprint density at radius 2 is 1.55 bits per heavy atom. The van der Waals surface area contributed by atoms with Gasteiger partial charge in [0.2, 0.25) is 0 Å². The number of rotatable bonds is 16. The van der Waals surface area contributed by atoms with E-state index in [4.69, 9.17) is 14.2 Å². The Balaban J connectivity index is 1.08. The lowest BCUT2D eigenvalue weighted by atomic mass is 9.83. The largest absolute Gasteiger partial charge is 0.489 e. The number of benzene rings is 3. The van der Waals surface area contributed by atoms with Crippen molar-refractivity contribution >= 4 is 11.9 Å². The number of carbonyl (C=O) groups is 1. The van der Waals surface area contributed by atoms with Gasteiger partial charge in [-0.1, -0.05) is 115 Å². The van der Waals surface area contributed by atoms with E-state index in [0.717, 1.165) is 93.9 Å². The average Bonchev–Trinajstić information content (AvgIpc) is 3.51. The van der Waals surface area contributed by atoms with Crippen molar-refractivity contribution in [2.24, 2.45) is 17.8 Å². The summed E-state index contributed by atoms with van der Waals surface area (Å²) in [6.07, 6.45) is 19.4. The van der Waals surface area contributed by atoms with E-state index in [9.17, 15) is 4.79 Å². The zero-order valence-electron chi connectivity index (χ0n) is 32.4. The fourth-order valence-corrected chi connectivity index (χ4v) is 8.68. The van der Waals surface area contributed by atoms with Gasteiger partial charge in [0.15, 0.2) is 5.78 Å². The van der Waals surface area contributed by atoms with E-state index in [1.165, 1.54) is 62.5 Å². The van der Waals surface area contributed by atoms with Gasteiger partial charge in [0.1, 0.15) is 23.7 Å². The molecule has 4 heteroatoms. The fourth-order valence-electron chi connectivity index (χ4n) is 8.68. The molecule has 2 heterocycles. The molecule has 2 aliphatic heterocycles. The molecule has 0 bridgehead atoms. The van der Waals surface area contributed by atoms with Gasteiger partial charge >= 0.3 is 0 Å². The number of aryl methyl sites for hydroxylation is 2.